The first-order valence-corrected chi connectivity index (χ1v) is 10.1. The van der Waals surface area contributed by atoms with Crippen molar-refractivity contribution >= 4 is 0 Å². The summed E-state index contributed by atoms with van der Waals surface area (Å²) in [7, 11) is 4.31. The van der Waals surface area contributed by atoms with Gasteiger partial charge in [0, 0.05) is 32.1 Å². The Labute approximate surface area is 151 Å². The van der Waals surface area contributed by atoms with Crippen molar-refractivity contribution in [2.24, 2.45) is 7.05 Å². The van der Waals surface area contributed by atoms with Crippen molar-refractivity contribution in [3.63, 3.8) is 0 Å². The van der Waals surface area contributed by atoms with Crippen LogP contribution in [0.5, 0.6) is 0 Å². The minimum absolute atomic E-state index is 0.436. The van der Waals surface area contributed by atoms with Crippen molar-refractivity contribution in [3.8, 4) is 0 Å². The molecule has 0 amide bonds. The van der Waals surface area contributed by atoms with Crippen LogP contribution in [0.2, 0.25) is 0 Å². The standard InChI is InChI=1S/C19H33N5O/c1-22(13-17-20-21-18(23(17)2)15-6-7-15)16-8-11-24(12-16)14-19(25)9-4-3-5-10-19/h15-16,25H,3-14H2,1-2H3/t16-/m1/s1. The maximum atomic E-state index is 10.8. The normalized spacial score (nSPS) is 27.3. The molecule has 0 radical (unpaired) electrons. The highest BCUT2D eigenvalue weighted by atomic mass is 16.3. The second-order valence-corrected chi connectivity index (χ2v) is 8.69. The van der Waals surface area contributed by atoms with E-state index < -0.39 is 5.60 Å². The lowest BCUT2D eigenvalue weighted by atomic mass is 9.84. The van der Waals surface area contributed by atoms with Crippen LogP contribution >= 0.6 is 0 Å². The molecular weight excluding hydrogens is 314 g/mol. The number of aromatic nitrogens is 3. The van der Waals surface area contributed by atoms with Crippen LogP contribution in [0, 0.1) is 0 Å². The van der Waals surface area contributed by atoms with E-state index >= 15 is 0 Å². The van der Waals surface area contributed by atoms with E-state index in [4.69, 9.17) is 0 Å². The lowest BCUT2D eigenvalue weighted by Gasteiger charge is -2.35. The number of hydrogen-bond acceptors (Lipinski definition) is 5. The number of rotatable bonds is 6. The highest BCUT2D eigenvalue weighted by Gasteiger charge is 2.35. The Bertz CT molecular complexity index is 591. The SMILES string of the molecule is CN(Cc1nnc(C2CC2)n1C)[C@@H]1CCN(CC2(O)CCCCC2)C1. The molecule has 25 heavy (non-hydrogen) atoms. The Morgan fingerprint density at radius 1 is 1.16 bits per heavy atom. The van der Waals surface area contributed by atoms with Gasteiger partial charge in [0.2, 0.25) is 0 Å². The smallest absolute Gasteiger partial charge is 0.146 e. The molecule has 2 aliphatic carbocycles. The topological polar surface area (TPSA) is 57.4 Å². The van der Waals surface area contributed by atoms with E-state index in [2.05, 4.69) is 38.7 Å². The highest BCUT2D eigenvalue weighted by Crippen LogP contribution is 2.38. The molecule has 1 N–H and O–H groups in total. The Morgan fingerprint density at radius 3 is 2.64 bits per heavy atom. The second-order valence-electron chi connectivity index (χ2n) is 8.69. The zero-order valence-corrected chi connectivity index (χ0v) is 15.8. The molecule has 2 heterocycles. The van der Waals surface area contributed by atoms with Crippen LogP contribution in [0.3, 0.4) is 0 Å². The summed E-state index contributed by atoms with van der Waals surface area (Å²) in [5, 5.41) is 19.6. The van der Waals surface area contributed by atoms with Gasteiger partial charge >= 0.3 is 0 Å². The van der Waals surface area contributed by atoms with Gasteiger partial charge in [-0.15, -0.1) is 10.2 Å². The van der Waals surface area contributed by atoms with E-state index in [9.17, 15) is 5.11 Å². The van der Waals surface area contributed by atoms with E-state index in [1.165, 1.54) is 38.5 Å². The second kappa shape index (κ2) is 6.97. The third kappa shape index (κ3) is 3.91. The van der Waals surface area contributed by atoms with Crippen LogP contribution in [0.4, 0.5) is 0 Å². The van der Waals surface area contributed by atoms with Gasteiger partial charge in [-0.05, 0) is 45.7 Å². The summed E-state index contributed by atoms with van der Waals surface area (Å²) in [4.78, 5) is 4.89. The van der Waals surface area contributed by atoms with Gasteiger partial charge in [-0.1, -0.05) is 19.3 Å². The van der Waals surface area contributed by atoms with Crippen LogP contribution in [0.15, 0.2) is 0 Å². The van der Waals surface area contributed by atoms with E-state index in [0.717, 1.165) is 50.7 Å². The lowest BCUT2D eigenvalue weighted by molar-refractivity contribution is -0.0225. The molecule has 1 aliphatic heterocycles. The summed E-state index contributed by atoms with van der Waals surface area (Å²) in [6.07, 6.45) is 9.32. The summed E-state index contributed by atoms with van der Waals surface area (Å²) in [6.45, 7) is 3.88. The van der Waals surface area contributed by atoms with Crippen molar-refractivity contribution in [1.82, 2.24) is 24.6 Å². The van der Waals surface area contributed by atoms with Gasteiger partial charge in [0.1, 0.15) is 11.6 Å². The number of likely N-dealkylation sites (tertiary alicyclic amines) is 1. The average Bonchev–Trinajstić information content (AvgIpc) is 3.22. The van der Waals surface area contributed by atoms with Gasteiger partial charge in [0.05, 0.1) is 12.1 Å². The lowest BCUT2D eigenvalue weighted by Crippen LogP contribution is -2.44. The first-order valence-electron chi connectivity index (χ1n) is 10.1. The van der Waals surface area contributed by atoms with Crippen molar-refractivity contribution in [3.05, 3.63) is 11.6 Å². The van der Waals surface area contributed by atoms with E-state index in [0.29, 0.717) is 12.0 Å². The van der Waals surface area contributed by atoms with Gasteiger partial charge in [-0.2, -0.15) is 0 Å². The molecule has 1 atom stereocenters. The van der Waals surface area contributed by atoms with Crippen LogP contribution in [-0.4, -0.2) is 68.0 Å². The fraction of sp³-hybridized carbons (Fsp3) is 0.895. The zero-order chi connectivity index (χ0) is 17.4. The molecule has 1 aromatic rings. The maximum absolute atomic E-state index is 10.8. The Hall–Kier alpha value is -0.980. The van der Waals surface area contributed by atoms with Gasteiger partial charge in [0.25, 0.3) is 0 Å². The van der Waals surface area contributed by atoms with E-state index in [1.807, 2.05) is 0 Å². The number of β-amino-alcohol motifs (C(OH)–C–C–N with tert-alkyl or cyclic N) is 1. The zero-order valence-electron chi connectivity index (χ0n) is 15.8. The fourth-order valence-electron chi connectivity index (χ4n) is 4.66. The molecule has 0 bridgehead atoms. The highest BCUT2D eigenvalue weighted by molar-refractivity contribution is 5.08. The number of nitrogens with zero attached hydrogens (tertiary/aromatic N) is 5. The van der Waals surface area contributed by atoms with E-state index in [-0.39, 0.29) is 0 Å². The summed E-state index contributed by atoms with van der Waals surface area (Å²) < 4.78 is 2.20. The van der Waals surface area contributed by atoms with Crippen molar-refractivity contribution in [1.29, 1.82) is 0 Å². The Balaban J connectivity index is 1.30. The Kier molecular flexibility index (Phi) is 4.86. The third-order valence-corrected chi connectivity index (χ3v) is 6.51. The molecule has 140 valence electrons. The van der Waals surface area contributed by atoms with Crippen LogP contribution in [-0.2, 0) is 13.6 Å². The first-order chi connectivity index (χ1) is 12.0. The van der Waals surface area contributed by atoms with Crippen LogP contribution in [0.1, 0.15) is 68.9 Å². The van der Waals surface area contributed by atoms with Crippen molar-refractivity contribution in [2.75, 3.05) is 26.7 Å². The fourth-order valence-corrected chi connectivity index (χ4v) is 4.66. The van der Waals surface area contributed by atoms with Crippen LogP contribution in [0.25, 0.3) is 0 Å². The number of hydrogen-bond donors (Lipinski definition) is 1. The van der Waals surface area contributed by atoms with E-state index in [1.54, 1.807) is 0 Å². The summed E-state index contributed by atoms with van der Waals surface area (Å²) in [5.41, 5.74) is -0.436. The molecule has 6 heteroatoms. The monoisotopic (exact) mass is 347 g/mol. The molecule has 1 saturated heterocycles. The molecule has 3 aliphatic rings. The van der Waals surface area contributed by atoms with Gasteiger partial charge in [-0.3, -0.25) is 9.80 Å². The predicted octanol–water partition coefficient (Wildman–Crippen LogP) is 1.89. The maximum Gasteiger partial charge on any atom is 0.146 e. The molecule has 6 nitrogen and oxygen atoms in total. The van der Waals surface area contributed by atoms with Gasteiger partial charge < -0.3 is 9.67 Å². The molecule has 3 fully saturated rings. The third-order valence-electron chi connectivity index (χ3n) is 6.51. The van der Waals surface area contributed by atoms with Gasteiger partial charge in [0.15, 0.2) is 0 Å². The summed E-state index contributed by atoms with van der Waals surface area (Å²) in [5.74, 6) is 2.89. The molecule has 0 aromatic carbocycles. The summed E-state index contributed by atoms with van der Waals surface area (Å²) >= 11 is 0. The quantitative estimate of drug-likeness (QED) is 0.852. The average molecular weight is 348 g/mol. The van der Waals surface area contributed by atoms with Crippen LogP contribution < -0.4 is 0 Å². The minimum Gasteiger partial charge on any atom is -0.389 e. The number of likely N-dealkylation sites (N-methyl/N-ethyl adjacent to an activating group) is 1. The van der Waals surface area contributed by atoms with Crippen molar-refractivity contribution in [2.45, 2.75) is 75.5 Å². The van der Waals surface area contributed by atoms with Crippen molar-refractivity contribution < 1.29 is 5.11 Å². The van der Waals surface area contributed by atoms with Gasteiger partial charge in [-0.25, -0.2) is 0 Å². The molecular formula is C19H33N5O. The summed E-state index contributed by atoms with van der Waals surface area (Å²) in [6, 6.07) is 0.549. The molecule has 4 rings (SSSR count). The Morgan fingerprint density at radius 2 is 1.92 bits per heavy atom. The first kappa shape index (κ1) is 17.4. The largest absolute Gasteiger partial charge is 0.389 e. The molecule has 2 saturated carbocycles. The molecule has 1 aromatic heterocycles. The molecule has 0 spiro atoms. The molecule has 0 unspecified atom stereocenters. The minimum atomic E-state index is -0.436. The predicted molar refractivity (Wildman–Crippen MR) is 97.3 cm³/mol. The number of aliphatic hydroxyl groups is 1.